The van der Waals surface area contributed by atoms with Crippen molar-refractivity contribution in [1.29, 1.82) is 0 Å². The Bertz CT molecular complexity index is 405. The summed E-state index contributed by atoms with van der Waals surface area (Å²) < 4.78 is 32.8. The van der Waals surface area contributed by atoms with Gasteiger partial charge in [0.25, 0.3) is 0 Å². The van der Waals surface area contributed by atoms with Gasteiger partial charge in [-0.25, -0.2) is 8.78 Å². The zero-order chi connectivity index (χ0) is 11.7. The molecule has 88 valence electrons. The zero-order valence-corrected chi connectivity index (χ0v) is 10.4. The first-order valence-corrected chi connectivity index (χ1v) is 5.86. The van der Waals surface area contributed by atoms with Gasteiger partial charge in [0, 0.05) is 24.1 Å². The Hall–Kier alpha value is -0.680. The van der Waals surface area contributed by atoms with Gasteiger partial charge in [-0.2, -0.15) is 0 Å². The molecule has 0 spiro atoms. The fourth-order valence-corrected chi connectivity index (χ4v) is 2.50. The van der Waals surface area contributed by atoms with Crippen LogP contribution in [0.15, 0.2) is 10.5 Å². The van der Waals surface area contributed by atoms with Crippen LogP contribution in [0.2, 0.25) is 0 Å². The molecule has 0 aliphatic carbocycles. The van der Waals surface area contributed by atoms with Crippen molar-refractivity contribution in [1.82, 2.24) is 5.32 Å². The summed E-state index contributed by atoms with van der Waals surface area (Å²) in [4.78, 5) is 0. The summed E-state index contributed by atoms with van der Waals surface area (Å²) in [5.41, 5.74) is 0.151. The van der Waals surface area contributed by atoms with Gasteiger partial charge < -0.3 is 10.1 Å². The smallest absolute Gasteiger partial charge is 0.147 e. The van der Waals surface area contributed by atoms with Gasteiger partial charge in [0.2, 0.25) is 0 Å². The number of ether oxygens (including phenoxy) is 1. The van der Waals surface area contributed by atoms with Crippen molar-refractivity contribution in [3.8, 4) is 5.75 Å². The summed E-state index contributed by atoms with van der Waals surface area (Å²) in [6, 6.07) is 1.22. The van der Waals surface area contributed by atoms with Gasteiger partial charge in [-0.1, -0.05) is 0 Å². The van der Waals surface area contributed by atoms with Gasteiger partial charge in [0.05, 0.1) is 11.6 Å². The van der Waals surface area contributed by atoms with Crippen LogP contribution in [0.1, 0.15) is 17.9 Å². The second-order valence-corrected chi connectivity index (χ2v) is 4.59. The Morgan fingerprint density at radius 1 is 1.50 bits per heavy atom. The molecule has 1 fully saturated rings. The number of halogens is 3. The lowest BCUT2D eigenvalue weighted by molar-refractivity contribution is 0.400. The van der Waals surface area contributed by atoms with Crippen LogP contribution in [0.3, 0.4) is 0 Å². The van der Waals surface area contributed by atoms with Crippen molar-refractivity contribution in [2.24, 2.45) is 0 Å². The minimum absolute atomic E-state index is 0.0952. The third kappa shape index (κ3) is 1.94. The second kappa shape index (κ2) is 4.67. The maximum Gasteiger partial charge on any atom is 0.147 e. The molecule has 0 saturated carbocycles. The molecule has 16 heavy (non-hydrogen) atoms. The van der Waals surface area contributed by atoms with Gasteiger partial charge in [-0.3, -0.25) is 0 Å². The van der Waals surface area contributed by atoms with Gasteiger partial charge in [0.15, 0.2) is 0 Å². The summed E-state index contributed by atoms with van der Waals surface area (Å²) in [5, 5.41) is 3.09. The van der Waals surface area contributed by atoms with E-state index in [-0.39, 0.29) is 21.7 Å². The van der Waals surface area contributed by atoms with E-state index in [0.29, 0.717) is 6.54 Å². The third-order valence-corrected chi connectivity index (χ3v) is 3.59. The van der Waals surface area contributed by atoms with Crippen LogP contribution in [-0.2, 0) is 0 Å². The molecular weight excluding hydrogens is 280 g/mol. The third-order valence-electron chi connectivity index (χ3n) is 2.85. The Morgan fingerprint density at radius 2 is 2.25 bits per heavy atom. The zero-order valence-electron chi connectivity index (χ0n) is 8.82. The van der Waals surface area contributed by atoms with Crippen LogP contribution in [-0.4, -0.2) is 20.2 Å². The van der Waals surface area contributed by atoms with E-state index >= 15 is 0 Å². The molecule has 1 atom stereocenters. The van der Waals surface area contributed by atoms with E-state index < -0.39 is 11.6 Å². The average molecular weight is 292 g/mol. The molecule has 0 aromatic heterocycles. The molecule has 1 aliphatic rings. The molecule has 1 N–H and O–H groups in total. The highest BCUT2D eigenvalue weighted by Crippen LogP contribution is 2.36. The summed E-state index contributed by atoms with van der Waals surface area (Å²) >= 11 is 3.09. The van der Waals surface area contributed by atoms with Crippen LogP contribution in [0.25, 0.3) is 0 Å². The number of hydrogen-bond acceptors (Lipinski definition) is 2. The first-order valence-electron chi connectivity index (χ1n) is 5.07. The number of hydrogen-bond donors (Lipinski definition) is 1. The summed E-state index contributed by atoms with van der Waals surface area (Å²) in [7, 11) is 1.38. The second-order valence-electron chi connectivity index (χ2n) is 3.79. The minimum atomic E-state index is -0.550. The van der Waals surface area contributed by atoms with Crippen LogP contribution in [0.4, 0.5) is 8.78 Å². The lowest BCUT2D eigenvalue weighted by Gasteiger charge is -2.14. The molecule has 1 aliphatic heterocycles. The summed E-state index contributed by atoms with van der Waals surface area (Å²) in [5.74, 6) is -0.997. The maximum absolute atomic E-state index is 14.0. The Labute approximate surface area is 101 Å². The van der Waals surface area contributed by atoms with Crippen molar-refractivity contribution >= 4 is 15.9 Å². The molecule has 1 unspecified atom stereocenters. The molecular formula is C11H12BrF2NO. The highest BCUT2D eigenvalue weighted by atomic mass is 79.9. The Kier molecular flexibility index (Phi) is 3.44. The van der Waals surface area contributed by atoms with Crippen molar-refractivity contribution in [3.63, 3.8) is 0 Å². The van der Waals surface area contributed by atoms with E-state index in [2.05, 4.69) is 21.2 Å². The molecule has 2 nitrogen and oxygen atoms in total. The van der Waals surface area contributed by atoms with Gasteiger partial charge in [-0.15, -0.1) is 0 Å². The SMILES string of the molecule is COc1cc(F)c(C2CCNC2)c(F)c1Br. The molecule has 1 aromatic carbocycles. The number of benzene rings is 1. The highest BCUT2D eigenvalue weighted by molar-refractivity contribution is 9.10. The average Bonchev–Trinajstić information content (AvgIpc) is 2.77. The molecule has 0 bridgehead atoms. The van der Waals surface area contributed by atoms with Crippen molar-refractivity contribution in [2.75, 3.05) is 20.2 Å². The fourth-order valence-electron chi connectivity index (χ4n) is 2.01. The molecule has 1 saturated heterocycles. The standard InChI is InChI=1S/C11H12BrF2NO/c1-16-8-4-7(13)9(11(14)10(8)12)6-2-3-15-5-6/h4,6,15H,2-3,5H2,1H3. The molecule has 0 amide bonds. The van der Waals surface area contributed by atoms with Crippen LogP contribution in [0, 0.1) is 11.6 Å². The number of rotatable bonds is 2. The molecule has 2 rings (SSSR count). The Balaban J connectivity index is 2.48. The van der Waals surface area contributed by atoms with Gasteiger partial charge >= 0.3 is 0 Å². The van der Waals surface area contributed by atoms with Crippen molar-refractivity contribution < 1.29 is 13.5 Å². The first-order chi connectivity index (χ1) is 7.65. The number of nitrogens with one attached hydrogen (secondary N) is 1. The Morgan fingerprint density at radius 3 is 2.81 bits per heavy atom. The van der Waals surface area contributed by atoms with E-state index in [1.165, 1.54) is 13.2 Å². The molecule has 1 aromatic rings. The molecule has 0 radical (unpaired) electrons. The quantitative estimate of drug-likeness (QED) is 0.846. The highest BCUT2D eigenvalue weighted by Gasteiger charge is 2.26. The van der Waals surface area contributed by atoms with Crippen LogP contribution < -0.4 is 10.1 Å². The minimum Gasteiger partial charge on any atom is -0.495 e. The first kappa shape index (κ1) is 11.8. The predicted molar refractivity (Wildman–Crippen MR) is 60.8 cm³/mol. The normalized spacial score (nSPS) is 20.1. The lowest BCUT2D eigenvalue weighted by atomic mass is 9.97. The number of methoxy groups -OCH3 is 1. The fraction of sp³-hybridized carbons (Fsp3) is 0.455. The van der Waals surface area contributed by atoms with E-state index in [9.17, 15) is 8.78 Å². The van der Waals surface area contributed by atoms with Gasteiger partial charge in [-0.05, 0) is 28.9 Å². The molecule has 1 heterocycles. The van der Waals surface area contributed by atoms with Gasteiger partial charge in [0.1, 0.15) is 17.4 Å². The summed E-state index contributed by atoms with van der Waals surface area (Å²) in [6.45, 7) is 1.42. The topological polar surface area (TPSA) is 21.3 Å². The maximum atomic E-state index is 14.0. The van der Waals surface area contributed by atoms with Crippen LogP contribution in [0.5, 0.6) is 5.75 Å². The summed E-state index contributed by atoms with van der Waals surface area (Å²) in [6.07, 6.45) is 0.757. The molecule has 5 heteroatoms. The lowest BCUT2D eigenvalue weighted by Crippen LogP contribution is -2.11. The van der Waals surface area contributed by atoms with E-state index in [0.717, 1.165) is 13.0 Å². The monoisotopic (exact) mass is 291 g/mol. The van der Waals surface area contributed by atoms with Crippen LogP contribution >= 0.6 is 15.9 Å². The van der Waals surface area contributed by atoms with E-state index in [4.69, 9.17) is 4.74 Å². The van der Waals surface area contributed by atoms with Crippen molar-refractivity contribution in [2.45, 2.75) is 12.3 Å². The van der Waals surface area contributed by atoms with E-state index in [1.807, 2.05) is 0 Å². The largest absolute Gasteiger partial charge is 0.495 e. The predicted octanol–water partition coefficient (Wildman–Crippen LogP) is 2.81. The van der Waals surface area contributed by atoms with E-state index in [1.54, 1.807) is 0 Å². The van der Waals surface area contributed by atoms with Crippen molar-refractivity contribution in [3.05, 3.63) is 27.7 Å².